The van der Waals surface area contributed by atoms with E-state index in [4.69, 9.17) is 9.92 Å². The van der Waals surface area contributed by atoms with Gasteiger partial charge in [0.1, 0.15) is 0 Å². The van der Waals surface area contributed by atoms with Gasteiger partial charge in [0.25, 0.3) is 10.1 Å². The minimum Gasteiger partial charge on any atom is -0.352 e. The molecule has 0 aromatic heterocycles. The maximum absolute atomic E-state index is 11.5. The zero-order chi connectivity index (χ0) is 15.1. The van der Waals surface area contributed by atoms with Crippen molar-refractivity contribution in [3.8, 4) is 0 Å². The van der Waals surface area contributed by atoms with Crippen molar-refractivity contribution >= 4 is 16.0 Å². The van der Waals surface area contributed by atoms with Gasteiger partial charge in [-0.3, -0.25) is 8.98 Å². The molecule has 1 amide bonds. The third-order valence-electron chi connectivity index (χ3n) is 2.25. The number of carbonyl (C=O) groups excluding carboxylic acids is 1. The first kappa shape index (κ1) is 18.1. The van der Waals surface area contributed by atoms with Gasteiger partial charge in [-0.25, -0.2) is 0 Å². The first-order chi connectivity index (χ1) is 8.53. The molecule has 0 aliphatic heterocycles. The Labute approximate surface area is 115 Å². The maximum atomic E-state index is 11.5. The number of amides is 1. The summed E-state index contributed by atoms with van der Waals surface area (Å²) in [5.41, 5.74) is 5.58. The van der Waals surface area contributed by atoms with E-state index in [0.717, 1.165) is 0 Å². The molecular formula is C12H24N2O4S. The number of carbonyl (C=O) groups is 1. The molecule has 0 unspecified atom stereocenters. The molecule has 19 heavy (non-hydrogen) atoms. The monoisotopic (exact) mass is 292 g/mol. The predicted molar refractivity (Wildman–Crippen MR) is 75.1 cm³/mol. The summed E-state index contributed by atoms with van der Waals surface area (Å²) in [5, 5.41) is 2.59. The molecule has 0 saturated heterocycles. The summed E-state index contributed by atoms with van der Waals surface area (Å²) in [5.74, 6) is -0.345. The fraction of sp³-hybridized carbons (Fsp3) is 0.750. The molecule has 0 aromatic carbocycles. The smallest absolute Gasteiger partial charge is 0.267 e. The van der Waals surface area contributed by atoms with E-state index in [2.05, 4.69) is 11.9 Å². The predicted octanol–water partition coefficient (Wildman–Crippen LogP) is 0.543. The Morgan fingerprint density at radius 2 is 2.00 bits per heavy atom. The lowest BCUT2D eigenvalue weighted by atomic mass is 10.0. The second kappa shape index (κ2) is 7.62. The van der Waals surface area contributed by atoms with Crippen LogP contribution in [0.5, 0.6) is 0 Å². The van der Waals surface area contributed by atoms with Crippen molar-refractivity contribution in [3.63, 3.8) is 0 Å². The van der Waals surface area contributed by atoms with E-state index < -0.39 is 15.7 Å². The van der Waals surface area contributed by atoms with Crippen LogP contribution in [0.4, 0.5) is 0 Å². The first-order valence-electron chi connectivity index (χ1n) is 6.13. The normalized spacial score (nSPS) is 12.2. The average molecular weight is 292 g/mol. The fourth-order valence-electron chi connectivity index (χ4n) is 1.06. The molecule has 0 rings (SSSR count). The van der Waals surface area contributed by atoms with Gasteiger partial charge >= 0.3 is 0 Å². The van der Waals surface area contributed by atoms with Gasteiger partial charge in [-0.2, -0.15) is 8.42 Å². The Kier molecular flexibility index (Phi) is 7.25. The van der Waals surface area contributed by atoms with E-state index >= 15 is 0 Å². The second-order valence-corrected chi connectivity index (χ2v) is 6.97. The Morgan fingerprint density at radius 1 is 1.42 bits per heavy atom. The molecule has 0 aliphatic rings. The molecule has 6 nitrogen and oxygen atoms in total. The average Bonchev–Trinajstić information content (AvgIpc) is 2.24. The molecule has 3 N–H and O–H groups in total. The van der Waals surface area contributed by atoms with Crippen LogP contribution in [0.3, 0.4) is 0 Å². The summed E-state index contributed by atoms with van der Waals surface area (Å²) in [7, 11) is -3.54. The molecule has 0 radical (unpaired) electrons. The van der Waals surface area contributed by atoms with E-state index in [9.17, 15) is 13.2 Å². The van der Waals surface area contributed by atoms with Crippen LogP contribution >= 0.6 is 0 Å². The van der Waals surface area contributed by atoms with Crippen LogP contribution in [0.15, 0.2) is 12.2 Å². The lowest BCUT2D eigenvalue weighted by Gasteiger charge is -2.17. The lowest BCUT2D eigenvalue weighted by Crippen LogP contribution is -2.34. The molecule has 0 spiro atoms. The van der Waals surface area contributed by atoms with Crippen molar-refractivity contribution in [2.75, 3.05) is 18.9 Å². The molecule has 7 heteroatoms. The third kappa shape index (κ3) is 10.7. The second-order valence-electron chi connectivity index (χ2n) is 5.21. The minimum absolute atomic E-state index is 0.0454. The molecule has 0 bridgehead atoms. The van der Waals surface area contributed by atoms with Crippen LogP contribution in [0.1, 0.15) is 33.6 Å². The van der Waals surface area contributed by atoms with Gasteiger partial charge in [0, 0.05) is 17.7 Å². The lowest BCUT2D eigenvalue weighted by molar-refractivity contribution is -0.117. The minimum atomic E-state index is -3.54. The SMILES string of the molecule is C=C(C)C(=O)NCCCOS(=O)(=O)CCC(C)(C)N. The molecule has 0 fully saturated rings. The van der Waals surface area contributed by atoms with E-state index in [1.165, 1.54) is 0 Å². The first-order valence-corrected chi connectivity index (χ1v) is 7.71. The van der Waals surface area contributed by atoms with Crippen molar-refractivity contribution in [1.29, 1.82) is 0 Å². The standard InChI is InChI=1S/C12H24N2O4S/c1-10(2)11(15)14-7-5-8-18-19(16,17)9-6-12(3,4)13/h1,5-9,13H2,2-4H3,(H,14,15). The highest BCUT2D eigenvalue weighted by Crippen LogP contribution is 2.07. The van der Waals surface area contributed by atoms with Crippen LogP contribution in [0.25, 0.3) is 0 Å². The van der Waals surface area contributed by atoms with Crippen LogP contribution < -0.4 is 11.1 Å². The van der Waals surface area contributed by atoms with Crippen LogP contribution in [-0.2, 0) is 19.1 Å². The van der Waals surface area contributed by atoms with Gasteiger partial charge in [-0.15, -0.1) is 0 Å². The summed E-state index contributed by atoms with van der Waals surface area (Å²) < 4.78 is 27.8. The number of hydrogen-bond acceptors (Lipinski definition) is 5. The van der Waals surface area contributed by atoms with E-state index in [1.54, 1.807) is 20.8 Å². The van der Waals surface area contributed by atoms with Crippen LogP contribution in [0, 0.1) is 0 Å². The van der Waals surface area contributed by atoms with Gasteiger partial charge in [-0.1, -0.05) is 6.58 Å². The highest BCUT2D eigenvalue weighted by molar-refractivity contribution is 7.86. The topological polar surface area (TPSA) is 98.5 Å². The van der Waals surface area contributed by atoms with Gasteiger partial charge in [0.05, 0.1) is 12.4 Å². The Hall–Kier alpha value is -0.920. The Morgan fingerprint density at radius 3 is 2.47 bits per heavy atom. The highest BCUT2D eigenvalue weighted by Gasteiger charge is 2.18. The van der Waals surface area contributed by atoms with E-state index in [1.807, 2.05) is 0 Å². The summed E-state index contributed by atoms with van der Waals surface area (Å²) in [6, 6.07) is 0. The van der Waals surface area contributed by atoms with Gasteiger partial charge in [-0.05, 0) is 33.6 Å². The largest absolute Gasteiger partial charge is 0.352 e. The summed E-state index contributed by atoms with van der Waals surface area (Å²) in [6.45, 7) is 9.01. The third-order valence-corrected chi connectivity index (χ3v) is 3.48. The zero-order valence-electron chi connectivity index (χ0n) is 11.9. The number of nitrogens with one attached hydrogen (secondary N) is 1. The number of nitrogens with two attached hydrogens (primary N) is 1. The fourth-order valence-corrected chi connectivity index (χ4v) is 2.32. The molecular weight excluding hydrogens is 268 g/mol. The molecule has 0 atom stereocenters. The van der Waals surface area contributed by atoms with Crippen LogP contribution in [-0.4, -0.2) is 38.8 Å². The molecule has 0 saturated carbocycles. The Balaban J connectivity index is 3.82. The van der Waals surface area contributed by atoms with Gasteiger partial charge in [0.15, 0.2) is 0 Å². The van der Waals surface area contributed by atoms with E-state index in [0.29, 0.717) is 25.0 Å². The number of rotatable bonds is 9. The Bertz CT molecular complexity index is 410. The number of hydrogen-bond donors (Lipinski definition) is 2. The van der Waals surface area contributed by atoms with Crippen molar-refractivity contribution in [1.82, 2.24) is 5.32 Å². The summed E-state index contributed by atoms with van der Waals surface area (Å²) in [6.07, 6.45) is 0.756. The van der Waals surface area contributed by atoms with Crippen molar-refractivity contribution < 1.29 is 17.4 Å². The molecule has 0 heterocycles. The van der Waals surface area contributed by atoms with Crippen LogP contribution in [0.2, 0.25) is 0 Å². The zero-order valence-corrected chi connectivity index (χ0v) is 12.7. The quantitative estimate of drug-likeness (QED) is 0.367. The molecule has 0 aliphatic carbocycles. The highest BCUT2D eigenvalue weighted by atomic mass is 32.2. The molecule has 112 valence electrons. The summed E-state index contributed by atoms with van der Waals surface area (Å²) in [4.78, 5) is 11.1. The summed E-state index contributed by atoms with van der Waals surface area (Å²) >= 11 is 0. The maximum Gasteiger partial charge on any atom is 0.267 e. The van der Waals surface area contributed by atoms with Crippen molar-refractivity contribution in [2.45, 2.75) is 39.2 Å². The van der Waals surface area contributed by atoms with E-state index in [-0.39, 0.29) is 18.3 Å². The van der Waals surface area contributed by atoms with Crippen molar-refractivity contribution in [3.05, 3.63) is 12.2 Å². The van der Waals surface area contributed by atoms with Gasteiger partial charge in [0.2, 0.25) is 5.91 Å². The molecule has 0 aromatic rings. The van der Waals surface area contributed by atoms with Gasteiger partial charge < -0.3 is 11.1 Å². The van der Waals surface area contributed by atoms with Crippen molar-refractivity contribution in [2.24, 2.45) is 5.73 Å².